The average molecular weight is 314 g/mol. The molecule has 1 fully saturated rings. The van der Waals surface area contributed by atoms with E-state index in [-0.39, 0.29) is 6.10 Å². The predicted molar refractivity (Wildman–Crippen MR) is 89.8 cm³/mol. The molecule has 1 saturated heterocycles. The summed E-state index contributed by atoms with van der Waals surface area (Å²) in [6.07, 6.45) is 4.09. The van der Waals surface area contributed by atoms with Crippen LogP contribution in [0, 0.1) is 0 Å². The smallest absolute Gasteiger partial charge is 0.131 e. The van der Waals surface area contributed by atoms with Gasteiger partial charge in [-0.15, -0.1) is 0 Å². The molecule has 0 spiro atoms. The van der Waals surface area contributed by atoms with E-state index in [1.807, 2.05) is 30.3 Å². The zero-order valence-electron chi connectivity index (χ0n) is 13.3. The summed E-state index contributed by atoms with van der Waals surface area (Å²) in [6.45, 7) is 2.29. The average Bonchev–Trinajstić information content (AvgIpc) is 3.12. The van der Waals surface area contributed by atoms with Gasteiger partial charge >= 0.3 is 0 Å². The minimum atomic E-state index is 0.287. The highest BCUT2D eigenvalue weighted by molar-refractivity contribution is 5.47. The summed E-state index contributed by atoms with van der Waals surface area (Å²) in [7, 11) is 1.68. The largest absolute Gasteiger partial charge is 0.496 e. The number of nitrogens with one attached hydrogen (secondary N) is 2. The van der Waals surface area contributed by atoms with Crippen LogP contribution in [0.3, 0.4) is 0 Å². The highest BCUT2D eigenvalue weighted by atomic mass is 16.5. The highest BCUT2D eigenvalue weighted by Gasteiger charge is 2.15. The zero-order chi connectivity index (χ0) is 15.9. The van der Waals surface area contributed by atoms with E-state index >= 15 is 0 Å². The van der Waals surface area contributed by atoms with Gasteiger partial charge in [0.1, 0.15) is 23.7 Å². The number of rotatable bonds is 7. The molecule has 122 valence electrons. The van der Waals surface area contributed by atoms with Crippen LogP contribution in [0.1, 0.15) is 18.4 Å². The Kier molecular flexibility index (Phi) is 5.26. The van der Waals surface area contributed by atoms with Gasteiger partial charge in [0.25, 0.3) is 0 Å². The molecule has 6 heteroatoms. The SMILES string of the molecule is COc1ccccc1CNc1cc(NCC2CCCO2)ncn1. The maximum absolute atomic E-state index is 5.60. The van der Waals surface area contributed by atoms with Crippen LogP contribution in [0.5, 0.6) is 5.75 Å². The van der Waals surface area contributed by atoms with Crippen molar-refractivity contribution in [2.75, 3.05) is 30.9 Å². The Bertz CT molecular complexity index is 629. The fraction of sp³-hybridized carbons (Fsp3) is 0.412. The Morgan fingerprint density at radius 1 is 1.22 bits per heavy atom. The molecule has 1 atom stereocenters. The standard InChI is InChI=1S/C17H22N4O2/c1-22-15-7-3-2-5-13(15)10-18-16-9-17(21-12-20-16)19-11-14-6-4-8-23-14/h2-3,5,7,9,12,14H,4,6,8,10-11H2,1H3,(H2,18,19,20,21). The summed E-state index contributed by atoms with van der Waals surface area (Å²) in [5.41, 5.74) is 1.09. The quantitative estimate of drug-likeness (QED) is 0.819. The van der Waals surface area contributed by atoms with Gasteiger partial charge in [-0.3, -0.25) is 0 Å². The van der Waals surface area contributed by atoms with Gasteiger partial charge in [-0.2, -0.15) is 0 Å². The second kappa shape index (κ2) is 7.78. The van der Waals surface area contributed by atoms with E-state index < -0.39 is 0 Å². The van der Waals surface area contributed by atoms with Gasteiger partial charge in [0.05, 0.1) is 13.2 Å². The number of aromatic nitrogens is 2. The van der Waals surface area contributed by atoms with Crippen molar-refractivity contribution >= 4 is 11.6 Å². The molecule has 1 aromatic heterocycles. The third-order valence-corrected chi connectivity index (χ3v) is 3.85. The minimum absolute atomic E-state index is 0.287. The zero-order valence-corrected chi connectivity index (χ0v) is 13.3. The molecule has 1 aliphatic heterocycles. The Labute approximate surface area is 136 Å². The number of nitrogens with zero attached hydrogens (tertiary/aromatic N) is 2. The first-order chi connectivity index (χ1) is 11.3. The lowest BCUT2D eigenvalue weighted by molar-refractivity contribution is 0.120. The first-order valence-corrected chi connectivity index (χ1v) is 7.88. The van der Waals surface area contributed by atoms with Gasteiger partial charge in [-0.25, -0.2) is 9.97 Å². The monoisotopic (exact) mass is 314 g/mol. The van der Waals surface area contributed by atoms with Crippen molar-refractivity contribution in [2.24, 2.45) is 0 Å². The third-order valence-electron chi connectivity index (χ3n) is 3.85. The number of hydrogen-bond donors (Lipinski definition) is 2. The summed E-state index contributed by atoms with van der Waals surface area (Å²) < 4.78 is 11.0. The molecule has 0 bridgehead atoms. The Morgan fingerprint density at radius 3 is 2.83 bits per heavy atom. The number of benzene rings is 1. The topological polar surface area (TPSA) is 68.3 Å². The molecular formula is C17H22N4O2. The maximum Gasteiger partial charge on any atom is 0.131 e. The summed E-state index contributed by atoms with van der Waals surface area (Å²) in [6, 6.07) is 9.84. The normalized spacial score (nSPS) is 17.0. The number of para-hydroxylation sites is 1. The molecular weight excluding hydrogens is 292 g/mol. The van der Waals surface area contributed by atoms with E-state index in [4.69, 9.17) is 9.47 Å². The van der Waals surface area contributed by atoms with Crippen LogP contribution < -0.4 is 15.4 Å². The summed E-state index contributed by atoms with van der Waals surface area (Å²) in [5.74, 6) is 2.45. The van der Waals surface area contributed by atoms with Gasteiger partial charge < -0.3 is 20.1 Å². The van der Waals surface area contributed by atoms with Crippen molar-refractivity contribution in [3.63, 3.8) is 0 Å². The lowest BCUT2D eigenvalue weighted by Crippen LogP contribution is -2.19. The Hall–Kier alpha value is -2.34. The van der Waals surface area contributed by atoms with Crippen LogP contribution in [-0.2, 0) is 11.3 Å². The summed E-state index contributed by atoms with van der Waals surface area (Å²) in [4.78, 5) is 8.50. The number of anilines is 2. The molecule has 23 heavy (non-hydrogen) atoms. The summed E-state index contributed by atoms with van der Waals surface area (Å²) >= 11 is 0. The maximum atomic E-state index is 5.60. The van der Waals surface area contributed by atoms with Gasteiger partial charge in [-0.1, -0.05) is 18.2 Å². The van der Waals surface area contributed by atoms with Crippen molar-refractivity contribution in [3.05, 3.63) is 42.2 Å². The van der Waals surface area contributed by atoms with Crippen LogP contribution in [0.15, 0.2) is 36.7 Å². The highest BCUT2D eigenvalue weighted by Crippen LogP contribution is 2.19. The number of methoxy groups -OCH3 is 1. The molecule has 2 N–H and O–H groups in total. The molecule has 1 aromatic carbocycles. The van der Waals surface area contributed by atoms with Crippen LogP contribution in [0.25, 0.3) is 0 Å². The molecule has 0 radical (unpaired) electrons. The van der Waals surface area contributed by atoms with Crippen LogP contribution in [0.4, 0.5) is 11.6 Å². The molecule has 2 aromatic rings. The summed E-state index contributed by atoms with van der Waals surface area (Å²) in [5, 5.41) is 6.61. The van der Waals surface area contributed by atoms with Crippen molar-refractivity contribution in [1.82, 2.24) is 9.97 Å². The van der Waals surface area contributed by atoms with Gasteiger partial charge in [0, 0.05) is 31.3 Å². The molecule has 1 aliphatic rings. The molecule has 0 amide bonds. The molecule has 2 heterocycles. The van der Waals surface area contributed by atoms with Crippen LogP contribution in [0.2, 0.25) is 0 Å². The first-order valence-electron chi connectivity index (χ1n) is 7.88. The van der Waals surface area contributed by atoms with Crippen LogP contribution >= 0.6 is 0 Å². The molecule has 1 unspecified atom stereocenters. The Morgan fingerprint density at radius 2 is 2.04 bits per heavy atom. The molecule has 6 nitrogen and oxygen atoms in total. The van der Waals surface area contributed by atoms with Crippen molar-refractivity contribution in [2.45, 2.75) is 25.5 Å². The second-order valence-electron chi connectivity index (χ2n) is 5.47. The molecule has 0 aliphatic carbocycles. The van der Waals surface area contributed by atoms with Crippen molar-refractivity contribution < 1.29 is 9.47 Å². The predicted octanol–water partition coefficient (Wildman–Crippen LogP) is 2.69. The van der Waals surface area contributed by atoms with E-state index in [9.17, 15) is 0 Å². The number of ether oxygens (including phenoxy) is 2. The van der Waals surface area contributed by atoms with E-state index in [0.29, 0.717) is 6.54 Å². The first kappa shape index (κ1) is 15.6. The van der Waals surface area contributed by atoms with Gasteiger partial charge in [0.15, 0.2) is 0 Å². The van der Waals surface area contributed by atoms with E-state index in [2.05, 4.69) is 20.6 Å². The fourth-order valence-electron chi connectivity index (χ4n) is 2.61. The van der Waals surface area contributed by atoms with Gasteiger partial charge in [0.2, 0.25) is 0 Å². The fourth-order valence-corrected chi connectivity index (χ4v) is 2.61. The van der Waals surface area contributed by atoms with Crippen molar-refractivity contribution in [3.8, 4) is 5.75 Å². The minimum Gasteiger partial charge on any atom is -0.496 e. The van der Waals surface area contributed by atoms with E-state index in [1.165, 1.54) is 0 Å². The van der Waals surface area contributed by atoms with E-state index in [1.54, 1.807) is 13.4 Å². The third kappa shape index (κ3) is 4.32. The lowest BCUT2D eigenvalue weighted by atomic mass is 10.2. The number of hydrogen-bond acceptors (Lipinski definition) is 6. The Balaban J connectivity index is 1.56. The van der Waals surface area contributed by atoms with Crippen LogP contribution in [-0.4, -0.2) is 36.3 Å². The van der Waals surface area contributed by atoms with E-state index in [0.717, 1.165) is 48.9 Å². The molecule has 3 rings (SSSR count). The van der Waals surface area contributed by atoms with Crippen molar-refractivity contribution in [1.29, 1.82) is 0 Å². The second-order valence-corrected chi connectivity index (χ2v) is 5.47. The molecule has 0 saturated carbocycles. The van der Waals surface area contributed by atoms with Gasteiger partial charge in [-0.05, 0) is 18.9 Å². The lowest BCUT2D eigenvalue weighted by Gasteiger charge is -2.13.